The Balaban J connectivity index is 1.83. The zero-order valence-corrected chi connectivity index (χ0v) is 13.1. The summed E-state index contributed by atoms with van der Waals surface area (Å²) in [5.41, 5.74) is 2.65. The smallest absolute Gasteiger partial charge is 0.183 e. The van der Waals surface area contributed by atoms with Crippen LogP contribution < -0.4 is 5.32 Å². The van der Waals surface area contributed by atoms with Gasteiger partial charge in [-0.1, -0.05) is 32.4 Å². The molecule has 112 valence electrons. The third-order valence-corrected chi connectivity index (χ3v) is 4.33. The number of aromatic nitrogens is 3. The van der Waals surface area contributed by atoms with Gasteiger partial charge in [-0.3, -0.25) is 5.10 Å². The first-order valence-electron chi connectivity index (χ1n) is 7.78. The third-order valence-electron chi connectivity index (χ3n) is 4.33. The molecule has 2 N–H and O–H groups in total. The van der Waals surface area contributed by atoms with E-state index >= 15 is 0 Å². The number of para-hydroxylation sites is 1. The van der Waals surface area contributed by atoms with E-state index in [4.69, 9.17) is 0 Å². The van der Waals surface area contributed by atoms with Gasteiger partial charge in [0.2, 0.25) is 0 Å². The third kappa shape index (κ3) is 3.26. The van der Waals surface area contributed by atoms with E-state index in [0.29, 0.717) is 11.5 Å². The summed E-state index contributed by atoms with van der Waals surface area (Å²) in [6.45, 7) is 6.66. The molecular formula is C17H24N4. The average molecular weight is 284 g/mol. The van der Waals surface area contributed by atoms with Crippen molar-refractivity contribution >= 4 is 5.69 Å². The molecule has 1 unspecified atom stereocenters. The molecule has 0 amide bonds. The largest absolute Gasteiger partial charge is 0.382 e. The second kappa shape index (κ2) is 5.51. The van der Waals surface area contributed by atoms with Crippen LogP contribution in [0.1, 0.15) is 45.4 Å². The number of anilines is 1. The molecule has 1 fully saturated rings. The number of benzene rings is 1. The molecule has 2 aromatic rings. The molecule has 1 aliphatic carbocycles. The van der Waals surface area contributed by atoms with Gasteiger partial charge in [0.25, 0.3) is 0 Å². The van der Waals surface area contributed by atoms with Crippen LogP contribution in [0.15, 0.2) is 24.3 Å². The summed E-state index contributed by atoms with van der Waals surface area (Å²) in [5.74, 6) is 1.62. The molecule has 1 aromatic heterocycles. The van der Waals surface area contributed by atoms with Gasteiger partial charge in [0.05, 0.1) is 0 Å². The minimum atomic E-state index is 0.437. The molecule has 1 saturated carbocycles. The van der Waals surface area contributed by atoms with E-state index in [0.717, 1.165) is 22.9 Å². The SMILES string of the molecule is Cc1nc(-c2ccccc2NC2CCCC(C)(C)C2)n[nH]1. The van der Waals surface area contributed by atoms with Crippen molar-refractivity contribution < 1.29 is 0 Å². The number of rotatable bonds is 3. The molecule has 0 saturated heterocycles. The van der Waals surface area contributed by atoms with Gasteiger partial charge in [0, 0.05) is 17.3 Å². The second-order valence-electron chi connectivity index (χ2n) is 6.89. The molecule has 1 aromatic carbocycles. The monoisotopic (exact) mass is 284 g/mol. The molecule has 1 atom stereocenters. The molecule has 3 rings (SSSR count). The van der Waals surface area contributed by atoms with Crippen LogP contribution in [-0.2, 0) is 0 Å². The number of nitrogens with zero attached hydrogens (tertiary/aromatic N) is 2. The van der Waals surface area contributed by atoms with Crippen LogP contribution in [0, 0.1) is 12.3 Å². The lowest BCUT2D eigenvalue weighted by atomic mass is 9.75. The maximum absolute atomic E-state index is 4.46. The fourth-order valence-corrected chi connectivity index (χ4v) is 3.31. The van der Waals surface area contributed by atoms with Gasteiger partial charge in [-0.2, -0.15) is 5.10 Å². The standard InChI is InChI=1S/C17H24N4/c1-12-18-16(21-20-12)14-8-4-5-9-15(14)19-13-7-6-10-17(2,3)11-13/h4-5,8-9,13,19H,6-7,10-11H2,1-3H3,(H,18,20,21). The molecule has 0 radical (unpaired) electrons. The Morgan fingerprint density at radius 3 is 2.81 bits per heavy atom. The lowest BCUT2D eigenvalue weighted by Gasteiger charge is -2.36. The molecule has 0 bridgehead atoms. The number of nitrogens with one attached hydrogen (secondary N) is 2. The molecule has 4 heteroatoms. The highest BCUT2D eigenvalue weighted by atomic mass is 15.2. The summed E-state index contributed by atoms with van der Waals surface area (Å²) in [4.78, 5) is 4.46. The van der Waals surface area contributed by atoms with Crippen LogP contribution in [0.4, 0.5) is 5.69 Å². The van der Waals surface area contributed by atoms with Gasteiger partial charge in [0.15, 0.2) is 5.82 Å². The van der Waals surface area contributed by atoms with E-state index in [1.54, 1.807) is 0 Å². The molecule has 21 heavy (non-hydrogen) atoms. The molecule has 1 heterocycles. The van der Waals surface area contributed by atoms with Crippen molar-refractivity contribution in [1.82, 2.24) is 15.2 Å². The Morgan fingerprint density at radius 1 is 1.29 bits per heavy atom. The first kappa shape index (κ1) is 14.1. The predicted octanol–water partition coefficient (Wildman–Crippen LogP) is 4.16. The highest BCUT2D eigenvalue weighted by Gasteiger charge is 2.28. The fraction of sp³-hybridized carbons (Fsp3) is 0.529. The van der Waals surface area contributed by atoms with Gasteiger partial charge < -0.3 is 5.32 Å². The van der Waals surface area contributed by atoms with E-state index in [-0.39, 0.29) is 0 Å². The van der Waals surface area contributed by atoms with E-state index < -0.39 is 0 Å². The van der Waals surface area contributed by atoms with Crippen molar-refractivity contribution in [2.24, 2.45) is 5.41 Å². The van der Waals surface area contributed by atoms with Crippen molar-refractivity contribution in [3.63, 3.8) is 0 Å². The zero-order valence-electron chi connectivity index (χ0n) is 13.1. The minimum Gasteiger partial charge on any atom is -0.382 e. The average Bonchev–Trinajstić information content (AvgIpc) is 2.85. The van der Waals surface area contributed by atoms with Gasteiger partial charge in [-0.15, -0.1) is 0 Å². The Bertz CT molecular complexity index is 615. The molecule has 4 nitrogen and oxygen atoms in total. The summed E-state index contributed by atoms with van der Waals surface area (Å²) < 4.78 is 0. The summed E-state index contributed by atoms with van der Waals surface area (Å²) in [7, 11) is 0. The van der Waals surface area contributed by atoms with Crippen LogP contribution in [0.5, 0.6) is 0 Å². The quantitative estimate of drug-likeness (QED) is 0.889. The normalized spacial score (nSPS) is 21.2. The van der Waals surface area contributed by atoms with Crippen LogP contribution in [-0.4, -0.2) is 21.2 Å². The minimum absolute atomic E-state index is 0.437. The van der Waals surface area contributed by atoms with Crippen LogP contribution in [0.3, 0.4) is 0 Å². The van der Waals surface area contributed by atoms with Gasteiger partial charge in [0.1, 0.15) is 5.82 Å². The summed E-state index contributed by atoms with van der Waals surface area (Å²) >= 11 is 0. The maximum Gasteiger partial charge on any atom is 0.183 e. The first-order chi connectivity index (χ1) is 10.0. The highest BCUT2D eigenvalue weighted by molar-refractivity contribution is 5.73. The lowest BCUT2D eigenvalue weighted by molar-refractivity contribution is 0.229. The van der Waals surface area contributed by atoms with Gasteiger partial charge >= 0.3 is 0 Å². The predicted molar refractivity (Wildman–Crippen MR) is 86.2 cm³/mol. The summed E-state index contributed by atoms with van der Waals surface area (Å²) in [5, 5.41) is 10.9. The van der Waals surface area contributed by atoms with Crippen LogP contribution >= 0.6 is 0 Å². The highest BCUT2D eigenvalue weighted by Crippen LogP contribution is 2.37. The summed E-state index contributed by atoms with van der Waals surface area (Å²) in [6.07, 6.45) is 5.08. The zero-order chi connectivity index (χ0) is 14.9. The Kier molecular flexibility index (Phi) is 3.70. The first-order valence-corrected chi connectivity index (χ1v) is 7.78. The summed E-state index contributed by atoms with van der Waals surface area (Å²) in [6, 6.07) is 8.85. The molecular weight excluding hydrogens is 260 g/mol. The number of aryl methyl sites for hydroxylation is 1. The van der Waals surface area contributed by atoms with E-state index in [2.05, 4.69) is 52.5 Å². The van der Waals surface area contributed by atoms with Crippen LogP contribution in [0.25, 0.3) is 11.4 Å². The van der Waals surface area contributed by atoms with E-state index in [1.165, 1.54) is 25.7 Å². The number of aromatic amines is 1. The molecule has 1 aliphatic rings. The molecule has 0 aliphatic heterocycles. The van der Waals surface area contributed by atoms with Crippen molar-refractivity contribution in [3.05, 3.63) is 30.1 Å². The lowest BCUT2D eigenvalue weighted by Crippen LogP contribution is -2.31. The topological polar surface area (TPSA) is 53.6 Å². The molecule has 0 spiro atoms. The number of H-pyrrole nitrogens is 1. The second-order valence-corrected chi connectivity index (χ2v) is 6.89. The number of hydrogen-bond donors (Lipinski definition) is 2. The van der Waals surface area contributed by atoms with Gasteiger partial charge in [-0.05, 0) is 43.7 Å². The van der Waals surface area contributed by atoms with Crippen molar-refractivity contribution in [3.8, 4) is 11.4 Å². The van der Waals surface area contributed by atoms with E-state index in [9.17, 15) is 0 Å². The Hall–Kier alpha value is -1.84. The number of hydrogen-bond acceptors (Lipinski definition) is 3. The van der Waals surface area contributed by atoms with Crippen molar-refractivity contribution in [2.45, 2.75) is 52.5 Å². The Morgan fingerprint density at radius 2 is 2.10 bits per heavy atom. The van der Waals surface area contributed by atoms with Crippen LogP contribution in [0.2, 0.25) is 0 Å². The maximum atomic E-state index is 4.46. The fourth-order valence-electron chi connectivity index (χ4n) is 3.31. The van der Waals surface area contributed by atoms with Crippen molar-refractivity contribution in [1.29, 1.82) is 0 Å². The Labute approximate surface area is 126 Å². The van der Waals surface area contributed by atoms with E-state index in [1.807, 2.05) is 13.0 Å². The van der Waals surface area contributed by atoms with Gasteiger partial charge in [-0.25, -0.2) is 4.98 Å². The van der Waals surface area contributed by atoms with Crippen molar-refractivity contribution in [2.75, 3.05) is 5.32 Å².